The van der Waals surface area contributed by atoms with Crippen LogP contribution in [0, 0.1) is 5.92 Å². The second-order valence-corrected chi connectivity index (χ2v) is 27.3. The van der Waals surface area contributed by atoms with Crippen molar-refractivity contribution in [2.45, 2.75) is 91.0 Å². The number of amides is 1. The number of hydrogen-bond donors (Lipinski definition) is 3. The minimum absolute atomic E-state index is 0.0155. The first-order valence-corrected chi connectivity index (χ1v) is 30.4. The molecule has 3 heterocycles. The second-order valence-electron chi connectivity index (χ2n) is 20.5. The van der Waals surface area contributed by atoms with Crippen LogP contribution in [-0.2, 0) is 24.4 Å². The number of imidazole rings is 1. The van der Waals surface area contributed by atoms with Gasteiger partial charge in [-0.15, -0.1) is 0 Å². The van der Waals surface area contributed by atoms with Crippen molar-refractivity contribution in [2.24, 2.45) is 5.92 Å². The number of benzene rings is 6. The molecule has 1 aliphatic heterocycles. The van der Waals surface area contributed by atoms with Gasteiger partial charge in [0.2, 0.25) is 0 Å². The summed E-state index contributed by atoms with van der Waals surface area (Å²) in [5.41, 5.74) is 0.999. The summed E-state index contributed by atoms with van der Waals surface area (Å²) in [5.74, 6) is 0.663. The molecule has 1 fully saturated rings. The van der Waals surface area contributed by atoms with Crippen molar-refractivity contribution < 1.29 is 33.2 Å². The van der Waals surface area contributed by atoms with Gasteiger partial charge in [0.05, 0.1) is 0 Å². The Balaban J connectivity index is 1.26. The van der Waals surface area contributed by atoms with Crippen LogP contribution < -0.4 is 35.9 Å². The Kier molecular flexibility index (Phi) is 17.1. The summed E-state index contributed by atoms with van der Waals surface area (Å²) in [4.78, 5) is 54.3. The molecule has 0 unspecified atom stereocenters. The molecule has 2 aromatic heterocycles. The van der Waals surface area contributed by atoms with Gasteiger partial charge >= 0.3 is 461 Å². The number of methoxy groups -OCH3 is 2. The number of ether oxygens (including phenoxy) is 4. The van der Waals surface area contributed by atoms with Crippen LogP contribution in [-0.4, -0.2) is 88.2 Å². The molecule has 78 heavy (non-hydrogen) atoms. The molecular formula is C62H71N6O8PSi. The topological polar surface area (TPSA) is 162 Å². The minimum atomic E-state index is -4.48. The van der Waals surface area contributed by atoms with Gasteiger partial charge in [0.15, 0.2) is 0 Å². The molecule has 1 aliphatic rings. The van der Waals surface area contributed by atoms with Gasteiger partial charge in [-0.3, -0.25) is 0 Å². The average molecular weight is 1090 g/mol. The van der Waals surface area contributed by atoms with E-state index in [2.05, 4.69) is 127 Å². The molecule has 0 saturated carbocycles. The SMILES string of the molecule is CC=C([Si](c1ccccc1)(c1ccccc1)c1ccccc1)[PH](O)(O[C@H]1C[C@H](n2cnc3c(=O)[nH]c(NC(=O)C(C)C)nc32)O[C@@H]1COC(c1ccccc1)(c1ccc(OC)cc1)c1ccc(OC)cc1)N(C(C)C)C(C)C. The van der Waals surface area contributed by atoms with Crippen LogP contribution in [0.25, 0.3) is 11.2 Å². The maximum absolute atomic E-state index is 14.8. The van der Waals surface area contributed by atoms with Crippen LogP contribution in [0.1, 0.15) is 77.8 Å². The van der Waals surface area contributed by atoms with Gasteiger partial charge in [0.25, 0.3) is 0 Å². The standard InChI is InChI=1S/C62H71N6O8PSi/c1-10-56(78(50-25-17-12-18-26-50,51-27-19-13-20-28-51)52-29-21-14-22-30-52)77(71,68(43(4)5)44(6)7)76-53-39-55(67-41-63-57-58(67)64-61(66-60(57)70)65-59(69)42(2)3)75-54(53)40-74-62(45-23-15-11-16-24-45,46-31-35-48(72-8)36-32-46)47-33-37-49(73-9)38-34-47/h10-38,41-44,53-55,71,77H,39-40H2,1-9H3,(H2,64,65,66,69,70)/t53-,54+,55+/m0/s1. The molecule has 3 N–H and O–H groups in total. The third-order valence-corrected chi connectivity index (χ3v) is 24.9. The molecule has 3 atom stereocenters. The fraction of sp³-hybridized carbons (Fsp3) is 0.290. The van der Waals surface area contributed by atoms with E-state index in [0.717, 1.165) is 37.2 Å². The summed E-state index contributed by atoms with van der Waals surface area (Å²) < 4.78 is 38.0. The van der Waals surface area contributed by atoms with Crippen molar-refractivity contribution in [1.82, 2.24) is 24.2 Å². The molecule has 406 valence electrons. The van der Waals surface area contributed by atoms with Crippen LogP contribution in [0.5, 0.6) is 11.5 Å². The molecule has 0 radical (unpaired) electrons. The quantitative estimate of drug-likeness (QED) is 0.0357. The van der Waals surface area contributed by atoms with E-state index in [1.54, 1.807) is 32.6 Å². The Bertz CT molecular complexity index is 3210. The van der Waals surface area contributed by atoms with Crippen LogP contribution >= 0.6 is 7.87 Å². The van der Waals surface area contributed by atoms with Crippen LogP contribution in [0.4, 0.5) is 5.95 Å². The Hall–Kier alpha value is -7.07. The summed E-state index contributed by atoms with van der Waals surface area (Å²) in [6.07, 6.45) is 1.26. The van der Waals surface area contributed by atoms with Gasteiger partial charge in [-0.25, -0.2) is 0 Å². The normalized spacial score (nSPS) is 16.6. The van der Waals surface area contributed by atoms with E-state index in [1.807, 2.05) is 104 Å². The zero-order valence-corrected chi connectivity index (χ0v) is 47.8. The summed E-state index contributed by atoms with van der Waals surface area (Å²) in [7, 11) is -4.66. The zero-order valence-electron chi connectivity index (χ0n) is 45.8. The molecule has 14 nitrogen and oxygen atoms in total. The molecular weight excluding hydrogens is 1020 g/mol. The second kappa shape index (κ2) is 23.9. The third kappa shape index (κ3) is 10.6. The first-order chi connectivity index (χ1) is 37.7. The summed E-state index contributed by atoms with van der Waals surface area (Å²) in [5, 5.41) is 6.02. The van der Waals surface area contributed by atoms with Gasteiger partial charge in [-0.1, -0.05) is 0 Å². The number of allylic oxidation sites excluding steroid dienone is 1. The van der Waals surface area contributed by atoms with Gasteiger partial charge in [-0.05, 0) is 0 Å². The Morgan fingerprint density at radius 3 is 1.69 bits per heavy atom. The molecule has 1 saturated heterocycles. The molecule has 16 heteroatoms. The number of rotatable bonds is 21. The molecule has 9 rings (SSSR count). The fourth-order valence-electron chi connectivity index (χ4n) is 11.3. The predicted molar refractivity (Wildman–Crippen MR) is 314 cm³/mol. The Labute approximate surface area is 458 Å². The first kappa shape index (κ1) is 55.7. The van der Waals surface area contributed by atoms with Crippen molar-refractivity contribution in [2.75, 3.05) is 26.1 Å². The number of carbonyl (C=O) groups is 1. The van der Waals surface area contributed by atoms with Crippen molar-refractivity contribution >= 4 is 54.5 Å². The van der Waals surface area contributed by atoms with E-state index < -0.39 is 45.5 Å². The van der Waals surface area contributed by atoms with Crippen molar-refractivity contribution in [1.29, 1.82) is 0 Å². The molecule has 0 bridgehead atoms. The summed E-state index contributed by atoms with van der Waals surface area (Å²) in [6, 6.07) is 57.0. The van der Waals surface area contributed by atoms with Gasteiger partial charge in [0, 0.05) is 0 Å². The zero-order chi connectivity index (χ0) is 55.2. The number of aromatic amines is 1. The van der Waals surface area contributed by atoms with E-state index >= 15 is 0 Å². The summed E-state index contributed by atoms with van der Waals surface area (Å²) >= 11 is 0. The number of aromatic nitrogens is 4. The Morgan fingerprint density at radius 1 is 0.769 bits per heavy atom. The van der Waals surface area contributed by atoms with Crippen LogP contribution in [0.3, 0.4) is 0 Å². The number of carbonyl (C=O) groups excluding carboxylic acids is 1. The Morgan fingerprint density at radius 2 is 1.24 bits per heavy atom. The van der Waals surface area contributed by atoms with E-state index in [1.165, 1.54) is 6.33 Å². The van der Waals surface area contributed by atoms with E-state index in [0.29, 0.717) is 11.5 Å². The summed E-state index contributed by atoms with van der Waals surface area (Å²) in [6.45, 7) is 13.9. The van der Waals surface area contributed by atoms with Crippen molar-refractivity contribution in [3.8, 4) is 11.5 Å². The first-order valence-electron chi connectivity index (χ1n) is 26.6. The van der Waals surface area contributed by atoms with Gasteiger partial charge in [0.1, 0.15) is 0 Å². The molecule has 6 aromatic carbocycles. The maximum atomic E-state index is 14.8. The number of nitrogens with zero attached hydrogens (tertiary/aromatic N) is 4. The molecule has 0 aliphatic carbocycles. The van der Waals surface area contributed by atoms with Crippen LogP contribution in [0.15, 0.2) is 192 Å². The number of anilines is 1. The van der Waals surface area contributed by atoms with E-state index in [9.17, 15) is 14.5 Å². The monoisotopic (exact) mass is 1090 g/mol. The van der Waals surface area contributed by atoms with Crippen LogP contribution in [0.2, 0.25) is 0 Å². The van der Waals surface area contributed by atoms with Crippen molar-refractivity contribution in [3.05, 3.63) is 214 Å². The molecule has 1 amide bonds. The third-order valence-electron chi connectivity index (χ3n) is 14.8. The number of nitrogens with one attached hydrogen (secondary N) is 2. The van der Waals surface area contributed by atoms with Gasteiger partial charge < -0.3 is 0 Å². The predicted octanol–water partition coefficient (Wildman–Crippen LogP) is 9.63. The number of hydrogen-bond acceptors (Lipinski definition) is 11. The molecule has 0 spiro atoms. The average Bonchev–Trinajstić information content (AvgIpc) is 4.04. The number of H-pyrrole nitrogens is 1. The van der Waals surface area contributed by atoms with E-state index in [-0.39, 0.29) is 54.0 Å². The molecule has 8 aromatic rings. The van der Waals surface area contributed by atoms with E-state index in [4.69, 9.17) is 28.5 Å². The van der Waals surface area contributed by atoms with Gasteiger partial charge in [-0.2, -0.15) is 0 Å². The van der Waals surface area contributed by atoms with Crippen molar-refractivity contribution in [3.63, 3.8) is 0 Å². The number of fused-ring (bicyclic) bond motifs is 1. The fourth-order valence-corrected chi connectivity index (χ4v) is 22.6.